The smallest absolute Gasteiger partial charge is 0.251 e. The second-order valence-electron chi connectivity index (χ2n) is 6.04. The van der Waals surface area contributed by atoms with E-state index in [0.29, 0.717) is 11.1 Å². The molecule has 0 aliphatic carbocycles. The molecule has 3 aromatic rings. The van der Waals surface area contributed by atoms with Gasteiger partial charge in [-0.25, -0.2) is 4.39 Å². The predicted octanol–water partition coefficient (Wildman–Crippen LogP) is 4.69. The Bertz CT molecular complexity index is 876. The van der Waals surface area contributed by atoms with Crippen molar-refractivity contribution >= 4 is 5.91 Å². The Morgan fingerprint density at radius 3 is 2.36 bits per heavy atom. The number of halogens is 1. The number of carbonyl (C=O) groups is 1. The number of aromatic nitrogens is 1. The van der Waals surface area contributed by atoms with Gasteiger partial charge < -0.3 is 5.32 Å². The molecule has 0 unspecified atom stereocenters. The van der Waals surface area contributed by atoms with Crippen molar-refractivity contribution < 1.29 is 9.18 Å². The van der Waals surface area contributed by atoms with Crippen molar-refractivity contribution in [2.24, 2.45) is 0 Å². The summed E-state index contributed by atoms with van der Waals surface area (Å²) in [6.45, 7) is 3.92. The normalized spacial score (nSPS) is 11.8. The molecule has 1 amide bonds. The zero-order valence-corrected chi connectivity index (χ0v) is 14.2. The maximum atomic E-state index is 14.4. The summed E-state index contributed by atoms with van der Waals surface area (Å²) in [7, 11) is 0. The van der Waals surface area contributed by atoms with Gasteiger partial charge in [-0.2, -0.15) is 0 Å². The van der Waals surface area contributed by atoms with E-state index in [-0.39, 0.29) is 11.9 Å². The van der Waals surface area contributed by atoms with Crippen LogP contribution in [-0.4, -0.2) is 10.9 Å². The van der Waals surface area contributed by atoms with E-state index in [1.165, 1.54) is 6.07 Å². The van der Waals surface area contributed by atoms with E-state index >= 15 is 0 Å². The second kappa shape index (κ2) is 7.26. The Morgan fingerprint density at radius 2 is 1.72 bits per heavy atom. The maximum Gasteiger partial charge on any atom is 0.251 e. The van der Waals surface area contributed by atoms with E-state index < -0.39 is 5.82 Å². The van der Waals surface area contributed by atoms with Crippen LogP contribution in [0.3, 0.4) is 0 Å². The van der Waals surface area contributed by atoms with Gasteiger partial charge in [0.1, 0.15) is 5.82 Å². The molecule has 0 aliphatic rings. The van der Waals surface area contributed by atoms with E-state index in [0.717, 1.165) is 16.7 Å². The summed E-state index contributed by atoms with van der Waals surface area (Å²) in [4.78, 5) is 16.3. The number of pyridine rings is 1. The van der Waals surface area contributed by atoms with Crippen molar-refractivity contribution in [3.05, 3.63) is 89.5 Å². The van der Waals surface area contributed by atoms with E-state index in [9.17, 15) is 9.18 Å². The lowest BCUT2D eigenvalue weighted by Gasteiger charge is -2.15. The summed E-state index contributed by atoms with van der Waals surface area (Å²) in [6.07, 6.45) is 3.22. The van der Waals surface area contributed by atoms with Crippen molar-refractivity contribution in [3.63, 3.8) is 0 Å². The van der Waals surface area contributed by atoms with Crippen molar-refractivity contribution in [1.29, 1.82) is 0 Å². The highest BCUT2D eigenvalue weighted by atomic mass is 19.1. The van der Waals surface area contributed by atoms with Gasteiger partial charge in [-0.1, -0.05) is 35.9 Å². The minimum atomic E-state index is -0.429. The Hall–Kier alpha value is -3.01. The number of nitrogens with zero attached hydrogens (tertiary/aromatic N) is 1. The number of hydrogen-bond acceptors (Lipinski definition) is 2. The third-order valence-corrected chi connectivity index (χ3v) is 4.15. The van der Waals surface area contributed by atoms with Gasteiger partial charge in [-0.3, -0.25) is 9.78 Å². The highest BCUT2D eigenvalue weighted by molar-refractivity contribution is 5.95. The molecule has 1 heterocycles. The Kier molecular flexibility index (Phi) is 4.89. The third kappa shape index (κ3) is 3.91. The van der Waals surface area contributed by atoms with Crippen molar-refractivity contribution in [2.45, 2.75) is 19.9 Å². The van der Waals surface area contributed by atoms with E-state index in [2.05, 4.69) is 10.3 Å². The number of amides is 1. The molecule has 0 fully saturated rings. The van der Waals surface area contributed by atoms with Crippen LogP contribution < -0.4 is 5.32 Å². The first-order valence-electron chi connectivity index (χ1n) is 8.12. The van der Waals surface area contributed by atoms with Gasteiger partial charge in [0.05, 0.1) is 6.04 Å². The topological polar surface area (TPSA) is 42.0 Å². The van der Waals surface area contributed by atoms with Crippen LogP contribution in [0, 0.1) is 12.7 Å². The highest BCUT2D eigenvalue weighted by Gasteiger charge is 2.14. The second-order valence-corrected chi connectivity index (χ2v) is 6.04. The quantitative estimate of drug-likeness (QED) is 0.752. The fraction of sp³-hybridized carbons (Fsp3) is 0.143. The van der Waals surface area contributed by atoms with Gasteiger partial charge in [-0.05, 0) is 49.2 Å². The van der Waals surface area contributed by atoms with Crippen molar-refractivity contribution in [2.75, 3.05) is 0 Å². The van der Waals surface area contributed by atoms with Gasteiger partial charge in [-0.15, -0.1) is 0 Å². The first-order chi connectivity index (χ1) is 12.0. The summed E-state index contributed by atoms with van der Waals surface area (Å²) < 4.78 is 14.4. The fourth-order valence-corrected chi connectivity index (χ4v) is 2.64. The summed E-state index contributed by atoms with van der Waals surface area (Å²) in [5.74, 6) is -0.727. The average Bonchev–Trinajstić information content (AvgIpc) is 2.62. The van der Waals surface area contributed by atoms with Crippen LogP contribution in [0.4, 0.5) is 4.39 Å². The molecule has 0 bridgehead atoms. The number of nitrogens with one attached hydrogen (secondary N) is 1. The zero-order chi connectivity index (χ0) is 17.8. The van der Waals surface area contributed by atoms with Crippen LogP contribution >= 0.6 is 0 Å². The molecule has 1 atom stereocenters. The average molecular weight is 334 g/mol. The molecule has 1 N–H and O–H groups in total. The van der Waals surface area contributed by atoms with Gasteiger partial charge >= 0.3 is 0 Å². The molecule has 0 spiro atoms. The monoisotopic (exact) mass is 334 g/mol. The fourth-order valence-electron chi connectivity index (χ4n) is 2.64. The largest absolute Gasteiger partial charge is 0.346 e. The molecule has 126 valence electrons. The number of rotatable bonds is 4. The van der Waals surface area contributed by atoms with E-state index in [4.69, 9.17) is 0 Å². The SMILES string of the molecule is Cc1ccc([C@H](C)NC(=O)c2ccc(-c3ccncc3)c(F)c2)cc1. The molecule has 0 radical (unpaired) electrons. The highest BCUT2D eigenvalue weighted by Crippen LogP contribution is 2.23. The van der Waals surface area contributed by atoms with Gasteiger partial charge in [0, 0.05) is 23.5 Å². The third-order valence-electron chi connectivity index (χ3n) is 4.15. The molecule has 1 aromatic heterocycles. The molecule has 0 aliphatic heterocycles. The van der Waals surface area contributed by atoms with Crippen LogP contribution in [0.5, 0.6) is 0 Å². The lowest BCUT2D eigenvalue weighted by molar-refractivity contribution is 0.0939. The number of aryl methyl sites for hydroxylation is 1. The van der Waals surface area contributed by atoms with Gasteiger partial charge in [0.25, 0.3) is 5.91 Å². The number of benzene rings is 2. The Labute approximate surface area is 146 Å². The molecule has 0 saturated carbocycles. The van der Waals surface area contributed by atoms with Crippen LogP contribution in [0.1, 0.15) is 34.5 Å². The molecular formula is C21H19FN2O. The predicted molar refractivity (Wildman–Crippen MR) is 96.7 cm³/mol. The molecular weight excluding hydrogens is 315 g/mol. The molecule has 3 nitrogen and oxygen atoms in total. The zero-order valence-electron chi connectivity index (χ0n) is 14.2. The Balaban J connectivity index is 1.76. The minimum Gasteiger partial charge on any atom is -0.346 e. The molecule has 0 saturated heterocycles. The number of hydrogen-bond donors (Lipinski definition) is 1. The van der Waals surface area contributed by atoms with Crippen LogP contribution in [0.15, 0.2) is 67.0 Å². The first-order valence-corrected chi connectivity index (χ1v) is 8.12. The Morgan fingerprint density at radius 1 is 1.04 bits per heavy atom. The van der Waals surface area contributed by atoms with Gasteiger partial charge in [0.2, 0.25) is 0 Å². The lowest BCUT2D eigenvalue weighted by atomic mass is 10.0. The first kappa shape index (κ1) is 16.8. The standard InChI is InChI=1S/C21H19FN2O/c1-14-3-5-16(6-4-14)15(2)24-21(25)18-7-8-19(20(22)13-18)17-9-11-23-12-10-17/h3-13,15H,1-2H3,(H,24,25)/t15-/m0/s1. The summed E-state index contributed by atoms with van der Waals surface area (Å²) in [6, 6.07) is 15.8. The minimum absolute atomic E-state index is 0.156. The van der Waals surface area contributed by atoms with Crippen LogP contribution in [0.25, 0.3) is 11.1 Å². The molecule has 3 rings (SSSR count). The van der Waals surface area contributed by atoms with E-state index in [1.807, 2.05) is 38.1 Å². The van der Waals surface area contributed by atoms with Crippen molar-refractivity contribution in [1.82, 2.24) is 10.3 Å². The van der Waals surface area contributed by atoms with Crippen LogP contribution in [-0.2, 0) is 0 Å². The summed E-state index contributed by atoms with van der Waals surface area (Å²) in [5, 5.41) is 2.90. The summed E-state index contributed by atoms with van der Waals surface area (Å²) in [5.41, 5.74) is 3.65. The lowest BCUT2D eigenvalue weighted by Crippen LogP contribution is -2.26. The molecule has 4 heteroatoms. The van der Waals surface area contributed by atoms with Crippen LogP contribution in [0.2, 0.25) is 0 Å². The summed E-state index contributed by atoms with van der Waals surface area (Å²) >= 11 is 0. The van der Waals surface area contributed by atoms with Crippen molar-refractivity contribution in [3.8, 4) is 11.1 Å². The van der Waals surface area contributed by atoms with Gasteiger partial charge in [0.15, 0.2) is 0 Å². The van der Waals surface area contributed by atoms with E-state index in [1.54, 1.807) is 36.7 Å². The molecule has 2 aromatic carbocycles. The number of carbonyl (C=O) groups excluding carboxylic acids is 1. The molecule has 25 heavy (non-hydrogen) atoms. The maximum absolute atomic E-state index is 14.4.